The van der Waals surface area contributed by atoms with Gasteiger partial charge in [-0.1, -0.05) is 12.1 Å². The third-order valence-corrected chi connectivity index (χ3v) is 5.07. The summed E-state index contributed by atoms with van der Waals surface area (Å²) in [5, 5.41) is 0. The fraction of sp³-hybridized carbons (Fsp3) is 0.500. The number of hydrogen-bond donors (Lipinski definition) is 0. The summed E-state index contributed by atoms with van der Waals surface area (Å²) >= 11 is 0. The van der Waals surface area contributed by atoms with E-state index in [2.05, 4.69) is 0 Å². The SMILES string of the molecule is COc1cc(C=CCOC(C)=O)ccc1OC1OC(COC(C)=O)C(OC(C)=O)C(OC(C)=O)C1OC(C)=O. The van der Waals surface area contributed by atoms with Crippen molar-refractivity contribution in [2.24, 2.45) is 0 Å². The number of ether oxygens (including phenoxy) is 8. The molecule has 0 aromatic heterocycles. The molecule has 0 radical (unpaired) electrons. The maximum Gasteiger partial charge on any atom is 0.303 e. The smallest absolute Gasteiger partial charge is 0.303 e. The van der Waals surface area contributed by atoms with Gasteiger partial charge >= 0.3 is 29.8 Å². The van der Waals surface area contributed by atoms with Crippen LogP contribution >= 0.6 is 0 Å². The molecule has 5 atom stereocenters. The van der Waals surface area contributed by atoms with Crippen LogP contribution in [0.25, 0.3) is 6.08 Å². The average molecular weight is 553 g/mol. The number of carbonyl (C=O) groups excluding carboxylic acids is 5. The van der Waals surface area contributed by atoms with Crippen LogP contribution < -0.4 is 9.47 Å². The predicted molar refractivity (Wildman–Crippen MR) is 131 cm³/mol. The minimum Gasteiger partial charge on any atom is -0.493 e. The van der Waals surface area contributed by atoms with E-state index in [0.717, 1.165) is 20.8 Å². The van der Waals surface area contributed by atoms with E-state index < -0.39 is 60.6 Å². The molecule has 39 heavy (non-hydrogen) atoms. The molecular formula is C26H32O13. The minimum absolute atomic E-state index is 0.0840. The molecule has 0 aliphatic carbocycles. The first-order valence-corrected chi connectivity index (χ1v) is 11.9. The molecule has 2 rings (SSSR count). The van der Waals surface area contributed by atoms with Gasteiger partial charge in [-0.25, -0.2) is 0 Å². The maximum absolute atomic E-state index is 12.0. The highest BCUT2D eigenvalue weighted by atomic mass is 16.7. The van der Waals surface area contributed by atoms with Crippen molar-refractivity contribution in [1.82, 2.24) is 0 Å². The molecule has 0 bridgehead atoms. The Morgan fingerprint density at radius 2 is 1.36 bits per heavy atom. The fourth-order valence-corrected chi connectivity index (χ4v) is 3.64. The van der Waals surface area contributed by atoms with Crippen LogP contribution in [0.2, 0.25) is 0 Å². The van der Waals surface area contributed by atoms with Crippen molar-refractivity contribution >= 4 is 35.9 Å². The monoisotopic (exact) mass is 552 g/mol. The van der Waals surface area contributed by atoms with Crippen molar-refractivity contribution in [3.63, 3.8) is 0 Å². The van der Waals surface area contributed by atoms with Crippen LogP contribution in [0.3, 0.4) is 0 Å². The molecular weight excluding hydrogens is 520 g/mol. The summed E-state index contributed by atoms with van der Waals surface area (Å²) in [6, 6.07) is 4.86. The van der Waals surface area contributed by atoms with Gasteiger partial charge < -0.3 is 37.9 Å². The van der Waals surface area contributed by atoms with Crippen molar-refractivity contribution in [1.29, 1.82) is 0 Å². The fourth-order valence-electron chi connectivity index (χ4n) is 3.64. The summed E-state index contributed by atoms with van der Waals surface area (Å²) in [5.41, 5.74) is 0.688. The summed E-state index contributed by atoms with van der Waals surface area (Å²) in [4.78, 5) is 58.2. The summed E-state index contributed by atoms with van der Waals surface area (Å²) in [6.45, 7) is 5.56. The van der Waals surface area contributed by atoms with E-state index in [1.165, 1.54) is 21.0 Å². The van der Waals surface area contributed by atoms with Crippen molar-refractivity contribution in [2.75, 3.05) is 20.3 Å². The third kappa shape index (κ3) is 9.93. The Morgan fingerprint density at radius 1 is 0.769 bits per heavy atom. The van der Waals surface area contributed by atoms with E-state index in [1.807, 2.05) is 0 Å². The Bertz CT molecular complexity index is 1080. The van der Waals surface area contributed by atoms with E-state index >= 15 is 0 Å². The quantitative estimate of drug-likeness (QED) is 0.289. The van der Waals surface area contributed by atoms with Gasteiger partial charge in [0.2, 0.25) is 12.4 Å². The highest BCUT2D eigenvalue weighted by molar-refractivity contribution is 5.69. The van der Waals surface area contributed by atoms with Crippen molar-refractivity contribution in [2.45, 2.75) is 65.3 Å². The molecule has 0 saturated carbocycles. The lowest BCUT2D eigenvalue weighted by atomic mass is 9.98. The van der Waals surface area contributed by atoms with Crippen molar-refractivity contribution < 1.29 is 61.9 Å². The van der Waals surface area contributed by atoms with Gasteiger partial charge in [0.1, 0.15) is 19.3 Å². The molecule has 5 unspecified atom stereocenters. The summed E-state index contributed by atoms with van der Waals surface area (Å²) in [7, 11) is 1.40. The molecule has 0 amide bonds. The van der Waals surface area contributed by atoms with Crippen LogP contribution in [0.4, 0.5) is 0 Å². The molecule has 1 fully saturated rings. The van der Waals surface area contributed by atoms with Gasteiger partial charge in [0.15, 0.2) is 23.7 Å². The lowest BCUT2D eigenvalue weighted by Crippen LogP contribution is -2.63. The Balaban J connectivity index is 2.44. The number of rotatable bonds is 11. The third-order valence-electron chi connectivity index (χ3n) is 5.07. The van der Waals surface area contributed by atoms with Crippen LogP contribution in [0.15, 0.2) is 24.3 Å². The predicted octanol–water partition coefficient (Wildman–Crippen LogP) is 1.73. The van der Waals surface area contributed by atoms with Gasteiger partial charge in [0, 0.05) is 34.6 Å². The first-order valence-electron chi connectivity index (χ1n) is 11.9. The summed E-state index contributed by atoms with van der Waals surface area (Å²) in [5.74, 6) is -2.88. The van der Waals surface area contributed by atoms with E-state index in [-0.39, 0.29) is 24.7 Å². The first-order chi connectivity index (χ1) is 18.4. The molecule has 0 spiro atoms. The number of methoxy groups -OCH3 is 1. The maximum atomic E-state index is 12.0. The highest BCUT2D eigenvalue weighted by Crippen LogP contribution is 2.35. The van der Waals surface area contributed by atoms with Gasteiger partial charge in [0.25, 0.3) is 0 Å². The largest absolute Gasteiger partial charge is 0.493 e. The zero-order valence-corrected chi connectivity index (χ0v) is 22.5. The zero-order chi connectivity index (χ0) is 29.1. The van der Waals surface area contributed by atoms with E-state index in [9.17, 15) is 24.0 Å². The van der Waals surface area contributed by atoms with Crippen LogP contribution in [0.5, 0.6) is 11.5 Å². The standard InChI is InChI=1S/C26H32O13/c1-14(27)33-11-7-8-19-9-10-20(21(12-19)32-6)38-26-25(37-18(5)31)24(36-17(4)30)23(35-16(3)29)22(39-26)13-34-15(2)28/h7-10,12,22-26H,11,13H2,1-6H3. The molecule has 1 aliphatic rings. The van der Waals surface area contributed by atoms with Crippen LogP contribution in [-0.2, 0) is 52.4 Å². The van der Waals surface area contributed by atoms with Crippen LogP contribution in [0.1, 0.15) is 40.2 Å². The molecule has 1 aromatic rings. The topological polar surface area (TPSA) is 159 Å². The second kappa shape index (κ2) is 14.7. The Labute approximate surface area is 225 Å². The van der Waals surface area contributed by atoms with Gasteiger partial charge in [-0.2, -0.15) is 0 Å². The molecule has 1 aromatic carbocycles. The molecule has 214 valence electrons. The molecule has 1 aliphatic heterocycles. The number of esters is 5. The lowest BCUT2D eigenvalue weighted by Gasteiger charge is -2.44. The summed E-state index contributed by atoms with van der Waals surface area (Å²) in [6.07, 6.45) is -3.30. The zero-order valence-electron chi connectivity index (χ0n) is 22.5. The highest BCUT2D eigenvalue weighted by Gasteiger charge is 2.53. The van der Waals surface area contributed by atoms with Gasteiger partial charge in [-0.05, 0) is 23.8 Å². The van der Waals surface area contributed by atoms with Crippen molar-refractivity contribution in [3.8, 4) is 11.5 Å². The Hall–Kier alpha value is -4.13. The Kier molecular flexibility index (Phi) is 11.7. The molecule has 1 heterocycles. The Morgan fingerprint density at radius 3 is 1.92 bits per heavy atom. The number of benzene rings is 1. The molecule has 1 saturated heterocycles. The van der Waals surface area contributed by atoms with Crippen LogP contribution in [0, 0.1) is 0 Å². The van der Waals surface area contributed by atoms with Gasteiger partial charge in [0.05, 0.1) is 7.11 Å². The van der Waals surface area contributed by atoms with E-state index in [1.54, 1.807) is 30.4 Å². The van der Waals surface area contributed by atoms with E-state index in [4.69, 9.17) is 37.9 Å². The first kappa shape index (κ1) is 31.1. The van der Waals surface area contributed by atoms with Crippen LogP contribution in [-0.4, -0.2) is 80.9 Å². The molecule has 13 heteroatoms. The average Bonchev–Trinajstić information content (AvgIpc) is 2.84. The van der Waals surface area contributed by atoms with Gasteiger partial charge in [-0.3, -0.25) is 24.0 Å². The number of carbonyl (C=O) groups is 5. The molecule has 13 nitrogen and oxygen atoms in total. The molecule has 0 N–H and O–H groups in total. The minimum atomic E-state index is -1.41. The second-order valence-electron chi connectivity index (χ2n) is 8.30. The normalized spacial score (nSPS) is 22.4. The van der Waals surface area contributed by atoms with E-state index in [0.29, 0.717) is 5.56 Å². The van der Waals surface area contributed by atoms with Gasteiger partial charge in [-0.15, -0.1) is 0 Å². The second-order valence-corrected chi connectivity index (χ2v) is 8.30. The summed E-state index contributed by atoms with van der Waals surface area (Å²) < 4.78 is 43.5. The van der Waals surface area contributed by atoms with Crippen molar-refractivity contribution in [3.05, 3.63) is 29.8 Å². The lowest BCUT2D eigenvalue weighted by molar-refractivity contribution is -0.288. The number of hydrogen-bond acceptors (Lipinski definition) is 13.